The minimum atomic E-state index is -0.361. The molecular weight excluding hydrogens is 322 g/mol. The van der Waals surface area contributed by atoms with Crippen molar-refractivity contribution in [1.29, 1.82) is 0 Å². The molecule has 1 N–H and O–H groups in total. The zero-order valence-corrected chi connectivity index (χ0v) is 15.8. The summed E-state index contributed by atoms with van der Waals surface area (Å²) in [5, 5.41) is 3.31. The molecule has 0 aliphatic heterocycles. The first-order chi connectivity index (χ1) is 11.7. The summed E-state index contributed by atoms with van der Waals surface area (Å²) in [6.45, 7) is 10.1. The average Bonchev–Trinajstić information content (AvgIpc) is 2.50. The van der Waals surface area contributed by atoms with Gasteiger partial charge in [0.2, 0.25) is 0 Å². The van der Waals surface area contributed by atoms with E-state index in [1.807, 2.05) is 45.0 Å². The molecule has 0 spiro atoms. The second-order valence-electron chi connectivity index (χ2n) is 6.91. The fourth-order valence-corrected chi connectivity index (χ4v) is 2.04. The van der Waals surface area contributed by atoms with Crippen molar-refractivity contribution in [3.63, 3.8) is 0 Å². The van der Waals surface area contributed by atoms with Crippen molar-refractivity contribution in [1.82, 2.24) is 5.32 Å². The van der Waals surface area contributed by atoms with E-state index in [4.69, 9.17) is 14.2 Å². The SMILES string of the molecule is CC(=O)OCCc1ccc(OC[C@H](CNC(C)(C)C)OC(C)=O)cc1. The van der Waals surface area contributed by atoms with Gasteiger partial charge in [-0.15, -0.1) is 0 Å². The Morgan fingerprint density at radius 2 is 1.72 bits per heavy atom. The van der Waals surface area contributed by atoms with E-state index >= 15 is 0 Å². The Kier molecular flexibility index (Phi) is 8.41. The second kappa shape index (κ2) is 10.0. The van der Waals surface area contributed by atoms with Crippen molar-refractivity contribution in [2.24, 2.45) is 0 Å². The summed E-state index contributed by atoms with van der Waals surface area (Å²) in [6.07, 6.45) is 0.297. The summed E-state index contributed by atoms with van der Waals surface area (Å²) in [5.41, 5.74) is 0.988. The van der Waals surface area contributed by atoms with E-state index in [-0.39, 0.29) is 30.2 Å². The first kappa shape index (κ1) is 21.0. The van der Waals surface area contributed by atoms with Gasteiger partial charge in [-0.1, -0.05) is 12.1 Å². The zero-order valence-electron chi connectivity index (χ0n) is 15.8. The van der Waals surface area contributed by atoms with Crippen molar-refractivity contribution in [3.8, 4) is 5.75 Å². The van der Waals surface area contributed by atoms with E-state index in [9.17, 15) is 9.59 Å². The summed E-state index contributed by atoms with van der Waals surface area (Å²) >= 11 is 0. The van der Waals surface area contributed by atoms with E-state index in [0.717, 1.165) is 5.56 Å². The standard InChI is InChI=1S/C19H29NO5/c1-14(21)23-11-10-16-6-8-17(9-7-16)24-13-18(25-15(2)22)12-20-19(3,4)5/h6-9,18,20H,10-13H2,1-5H3/t18-/m0/s1. The monoisotopic (exact) mass is 351 g/mol. The molecule has 1 rings (SSSR count). The van der Waals surface area contributed by atoms with Crippen LogP contribution in [0.3, 0.4) is 0 Å². The molecule has 0 amide bonds. The van der Waals surface area contributed by atoms with Crippen molar-refractivity contribution >= 4 is 11.9 Å². The van der Waals surface area contributed by atoms with Crippen LogP contribution in [0.5, 0.6) is 5.75 Å². The highest BCUT2D eigenvalue weighted by Crippen LogP contribution is 2.13. The van der Waals surface area contributed by atoms with Crippen LogP contribution in [0.1, 0.15) is 40.2 Å². The maximum atomic E-state index is 11.2. The van der Waals surface area contributed by atoms with Gasteiger partial charge >= 0.3 is 11.9 Å². The summed E-state index contributed by atoms with van der Waals surface area (Å²) < 4.78 is 15.9. The Morgan fingerprint density at radius 3 is 2.24 bits per heavy atom. The summed E-state index contributed by atoms with van der Waals surface area (Å²) in [5.74, 6) is 0.0922. The van der Waals surface area contributed by atoms with Crippen LogP contribution in [-0.4, -0.2) is 43.3 Å². The number of hydrogen-bond acceptors (Lipinski definition) is 6. The Balaban J connectivity index is 2.49. The van der Waals surface area contributed by atoms with E-state index in [2.05, 4.69) is 5.32 Å². The van der Waals surface area contributed by atoms with Crippen LogP contribution in [0, 0.1) is 0 Å². The van der Waals surface area contributed by atoms with Crippen LogP contribution < -0.4 is 10.1 Å². The molecule has 6 heteroatoms. The predicted molar refractivity (Wildman–Crippen MR) is 95.6 cm³/mol. The molecule has 1 atom stereocenters. The van der Waals surface area contributed by atoms with Crippen molar-refractivity contribution in [2.75, 3.05) is 19.8 Å². The van der Waals surface area contributed by atoms with Crippen molar-refractivity contribution in [2.45, 2.75) is 52.7 Å². The number of esters is 2. The van der Waals surface area contributed by atoms with E-state index in [1.165, 1.54) is 13.8 Å². The minimum Gasteiger partial charge on any atom is -0.490 e. The molecule has 0 saturated carbocycles. The maximum Gasteiger partial charge on any atom is 0.303 e. The Labute approximate surface area is 149 Å². The van der Waals surface area contributed by atoms with Gasteiger partial charge in [-0.05, 0) is 38.5 Å². The number of carbonyl (C=O) groups is 2. The molecule has 1 aromatic carbocycles. The lowest BCUT2D eigenvalue weighted by Gasteiger charge is -2.25. The van der Waals surface area contributed by atoms with Crippen molar-refractivity contribution in [3.05, 3.63) is 29.8 Å². The predicted octanol–water partition coefficient (Wildman–Crippen LogP) is 2.49. The van der Waals surface area contributed by atoms with Gasteiger partial charge in [-0.3, -0.25) is 9.59 Å². The molecule has 0 heterocycles. The molecule has 0 unspecified atom stereocenters. The van der Waals surface area contributed by atoms with Gasteiger partial charge in [-0.25, -0.2) is 0 Å². The molecule has 0 aromatic heterocycles. The summed E-state index contributed by atoms with van der Waals surface area (Å²) in [6, 6.07) is 7.55. The Morgan fingerprint density at radius 1 is 1.08 bits per heavy atom. The normalized spacial score (nSPS) is 12.4. The van der Waals surface area contributed by atoms with Crippen LogP contribution >= 0.6 is 0 Å². The third-order valence-electron chi connectivity index (χ3n) is 3.25. The molecule has 25 heavy (non-hydrogen) atoms. The van der Waals surface area contributed by atoms with Gasteiger partial charge in [0.25, 0.3) is 0 Å². The molecular formula is C19H29NO5. The first-order valence-corrected chi connectivity index (χ1v) is 8.43. The minimum absolute atomic E-state index is 0.0675. The molecule has 140 valence electrons. The van der Waals surface area contributed by atoms with Crippen LogP contribution in [0.25, 0.3) is 0 Å². The van der Waals surface area contributed by atoms with Gasteiger partial charge in [0.05, 0.1) is 6.61 Å². The third-order valence-corrected chi connectivity index (χ3v) is 3.25. The van der Waals surface area contributed by atoms with Crippen LogP contribution in [0.2, 0.25) is 0 Å². The zero-order chi connectivity index (χ0) is 18.9. The number of rotatable bonds is 9. The molecule has 0 radical (unpaired) electrons. The summed E-state index contributed by atoms with van der Waals surface area (Å²) in [4.78, 5) is 22.0. The second-order valence-corrected chi connectivity index (χ2v) is 6.91. The fraction of sp³-hybridized carbons (Fsp3) is 0.579. The lowest BCUT2D eigenvalue weighted by atomic mass is 10.1. The first-order valence-electron chi connectivity index (χ1n) is 8.43. The Bertz CT molecular complexity index is 548. The summed E-state index contributed by atoms with van der Waals surface area (Å²) in [7, 11) is 0. The van der Waals surface area contributed by atoms with E-state index in [1.54, 1.807) is 0 Å². The molecule has 0 saturated heterocycles. The lowest BCUT2D eigenvalue weighted by molar-refractivity contribution is -0.147. The highest BCUT2D eigenvalue weighted by atomic mass is 16.6. The lowest BCUT2D eigenvalue weighted by Crippen LogP contribution is -2.44. The molecule has 6 nitrogen and oxygen atoms in total. The van der Waals surface area contributed by atoms with E-state index in [0.29, 0.717) is 25.3 Å². The number of nitrogens with one attached hydrogen (secondary N) is 1. The molecule has 0 aliphatic rings. The molecule has 0 bridgehead atoms. The quantitative estimate of drug-likeness (QED) is 0.689. The molecule has 0 aliphatic carbocycles. The van der Waals surface area contributed by atoms with Gasteiger partial charge in [-0.2, -0.15) is 0 Å². The van der Waals surface area contributed by atoms with Gasteiger partial charge in [0.15, 0.2) is 0 Å². The third kappa shape index (κ3) is 10.4. The Hall–Kier alpha value is -2.08. The number of hydrogen-bond donors (Lipinski definition) is 1. The maximum absolute atomic E-state index is 11.2. The average molecular weight is 351 g/mol. The van der Waals surface area contributed by atoms with Crippen LogP contribution in [0.4, 0.5) is 0 Å². The number of carbonyl (C=O) groups excluding carboxylic acids is 2. The smallest absolute Gasteiger partial charge is 0.303 e. The van der Waals surface area contributed by atoms with E-state index < -0.39 is 0 Å². The van der Waals surface area contributed by atoms with Gasteiger partial charge in [0, 0.05) is 32.4 Å². The molecule has 0 fully saturated rings. The van der Waals surface area contributed by atoms with Gasteiger partial charge in [0.1, 0.15) is 18.5 Å². The van der Waals surface area contributed by atoms with Crippen LogP contribution in [0.15, 0.2) is 24.3 Å². The van der Waals surface area contributed by atoms with Gasteiger partial charge < -0.3 is 19.5 Å². The largest absolute Gasteiger partial charge is 0.490 e. The number of benzene rings is 1. The molecule has 1 aromatic rings. The number of ether oxygens (including phenoxy) is 3. The highest BCUT2D eigenvalue weighted by Gasteiger charge is 2.17. The topological polar surface area (TPSA) is 73.9 Å². The van der Waals surface area contributed by atoms with Crippen LogP contribution in [-0.2, 0) is 25.5 Å². The van der Waals surface area contributed by atoms with Crippen molar-refractivity contribution < 1.29 is 23.8 Å². The highest BCUT2D eigenvalue weighted by molar-refractivity contribution is 5.66. The fourth-order valence-electron chi connectivity index (χ4n) is 2.04.